The molecular weight excluding hydrogens is 152 g/mol. The summed E-state index contributed by atoms with van der Waals surface area (Å²) in [4.78, 5) is 23.0. The van der Waals surface area contributed by atoms with Gasteiger partial charge < -0.3 is 0 Å². The number of allylic oxidation sites excluding steroid dienone is 2. The number of rotatable bonds is 0. The summed E-state index contributed by atoms with van der Waals surface area (Å²) >= 11 is 0. The largest absolute Gasteiger partial charge is 0.298 e. The van der Waals surface area contributed by atoms with Crippen LogP contribution in [-0.4, -0.2) is 11.6 Å². The average molecular weight is 164 g/mol. The summed E-state index contributed by atoms with van der Waals surface area (Å²) in [6.45, 7) is 1.79. The number of ketones is 2. The fraction of sp³-hybridized carbons (Fsp3) is 0.600. The van der Waals surface area contributed by atoms with Crippen molar-refractivity contribution in [1.29, 1.82) is 0 Å². The molecule has 1 unspecified atom stereocenters. The second kappa shape index (κ2) is 2.28. The van der Waals surface area contributed by atoms with Gasteiger partial charge in [-0.3, -0.25) is 9.59 Å². The van der Waals surface area contributed by atoms with E-state index in [1.54, 1.807) is 6.92 Å². The van der Waals surface area contributed by atoms with Gasteiger partial charge in [0.2, 0.25) is 0 Å². The molecule has 0 amide bonds. The summed E-state index contributed by atoms with van der Waals surface area (Å²) < 4.78 is 0. The zero-order chi connectivity index (χ0) is 8.77. The van der Waals surface area contributed by atoms with E-state index in [4.69, 9.17) is 0 Å². The summed E-state index contributed by atoms with van der Waals surface area (Å²) in [6, 6.07) is 0. The van der Waals surface area contributed by atoms with Gasteiger partial charge in [-0.15, -0.1) is 0 Å². The Balaban J connectivity index is 2.51. The van der Waals surface area contributed by atoms with E-state index in [0.29, 0.717) is 12.8 Å². The van der Waals surface area contributed by atoms with Crippen molar-refractivity contribution in [2.24, 2.45) is 5.41 Å². The predicted octanol–water partition coefficient (Wildman–Crippen LogP) is 1.64. The molecule has 2 nitrogen and oxygen atoms in total. The molecule has 0 bridgehead atoms. The Kier molecular flexibility index (Phi) is 1.47. The van der Waals surface area contributed by atoms with Crippen molar-refractivity contribution in [2.45, 2.75) is 32.6 Å². The third-order valence-corrected chi connectivity index (χ3v) is 3.14. The van der Waals surface area contributed by atoms with Crippen LogP contribution < -0.4 is 0 Å². The molecule has 0 aromatic rings. The highest BCUT2D eigenvalue weighted by atomic mass is 16.2. The lowest BCUT2D eigenvalue weighted by molar-refractivity contribution is -0.135. The van der Waals surface area contributed by atoms with Gasteiger partial charge in [0.15, 0.2) is 11.6 Å². The van der Waals surface area contributed by atoms with Gasteiger partial charge in [0, 0.05) is 12.8 Å². The van der Waals surface area contributed by atoms with Gasteiger partial charge in [-0.2, -0.15) is 0 Å². The molecular formula is C10H12O2. The van der Waals surface area contributed by atoms with E-state index in [1.165, 1.54) is 0 Å². The van der Waals surface area contributed by atoms with E-state index in [-0.39, 0.29) is 11.6 Å². The lowest BCUT2D eigenvalue weighted by atomic mass is 9.74. The van der Waals surface area contributed by atoms with E-state index in [9.17, 15) is 9.59 Å². The van der Waals surface area contributed by atoms with Gasteiger partial charge in [0.05, 0.1) is 0 Å². The van der Waals surface area contributed by atoms with Gasteiger partial charge in [-0.1, -0.05) is 11.6 Å². The zero-order valence-corrected chi connectivity index (χ0v) is 7.22. The number of carbonyl (C=O) groups is 2. The fourth-order valence-electron chi connectivity index (χ4n) is 2.20. The summed E-state index contributed by atoms with van der Waals surface area (Å²) in [5, 5.41) is 0. The van der Waals surface area contributed by atoms with Crippen LogP contribution in [0.25, 0.3) is 0 Å². The molecule has 0 radical (unpaired) electrons. The smallest absolute Gasteiger partial charge is 0.150 e. The molecule has 12 heavy (non-hydrogen) atoms. The Morgan fingerprint density at radius 2 is 1.83 bits per heavy atom. The summed E-state index contributed by atoms with van der Waals surface area (Å²) in [7, 11) is 0. The van der Waals surface area contributed by atoms with Crippen LogP contribution in [0.2, 0.25) is 0 Å². The summed E-state index contributed by atoms with van der Waals surface area (Å²) in [6.07, 6.45) is 4.82. The Hall–Kier alpha value is -0.920. The zero-order valence-electron chi connectivity index (χ0n) is 7.22. The Morgan fingerprint density at radius 1 is 1.17 bits per heavy atom. The van der Waals surface area contributed by atoms with Gasteiger partial charge in [-0.25, -0.2) is 0 Å². The van der Waals surface area contributed by atoms with Crippen molar-refractivity contribution in [3.8, 4) is 0 Å². The quantitative estimate of drug-likeness (QED) is 0.403. The molecule has 0 aromatic heterocycles. The lowest BCUT2D eigenvalue weighted by Gasteiger charge is -2.26. The molecule has 2 heteroatoms. The van der Waals surface area contributed by atoms with Crippen LogP contribution in [-0.2, 0) is 9.59 Å². The standard InChI is InChI=1S/C10H12O2/c1-10-7(5-6-9(10)12)3-2-4-8(10)11/h3H,2,4-6H2,1H3. The van der Waals surface area contributed by atoms with Crippen molar-refractivity contribution in [2.75, 3.05) is 0 Å². The molecule has 2 rings (SSSR count). The van der Waals surface area contributed by atoms with Crippen molar-refractivity contribution in [3.63, 3.8) is 0 Å². The Labute approximate surface area is 71.6 Å². The predicted molar refractivity (Wildman–Crippen MR) is 44.7 cm³/mol. The summed E-state index contributed by atoms with van der Waals surface area (Å²) in [5.74, 6) is 0.251. The van der Waals surface area contributed by atoms with Gasteiger partial charge >= 0.3 is 0 Å². The molecule has 1 fully saturated rings. The molecule has 64 valence electrons. The maximum absolute atomic E-state index is 11.5. The summed E-state index contributed by atoms with van der Waals surface area (Å²) in [5.41, 5.74) is 0.363. The second-order valence-corrected chi connectivity index (χ2v) is 3.74. The monoisotopic (exact) mass is 164 g/mol. The minimum atomic E-state index is -0.710. The molecule has 0 N–H and O–H groups in total. The van der Waals surface area contributed by atoms with Crippen LogP contribution in [0.15, 0.2) is 11.6 Å². The van der Waals surface area contributed by atoms with Crippen molar-refractivity contribution in [3.05, 3.63) is 11.6 Å². The van der Waals surface area contributed by atoms with Gasteiger partial charge in [0.25, 0.3) is 0 Å². The highest BCUT2D eigenvalue weighted by molar-refractivity contribution is 6.12. The number of hydrogen-bond acceptors (Lipinski definition) is 2. The molecule has 0 aromatic carbocycles. The number of hydrogen-bond donors (Lipinski definition) is 0. The van der Waals surface area contributed by atoms with Crippen LogP contribution in [0.5, 0.6) is 0 Å². The van der Waals surface area contributed by atoms with Crippen LogP contribution in [0.4, 0.5) is 0 Å². The van der Waals surface area contributed by atoms with Crippen LogP contribution in [0, 0.1) is 5.41 Å². The molecule has 0 saturated heterocycles. The molecule has 0 heterocycles. The van der Waals surface area contributed by atoms with E-state index in [2.05, 4.69) is 6.08 Å². The fourth-order valence-corrected chi connectivity index (χ4v) is 2.20. The molecule has 0 aliphatic heterocycles. The molecule has 2 aliphatic rings. The minimum absolute atomic E-state index is 0.124. The first-order valence-corrected chi connectivity index (χ1v) is 4.42. The van der Waals surface area contributed by atoms with Crippen LogP contribution >= 0.6 is 0 Å². The van der Waals surface area contributed by atoms with E-state index < -0.39 is 5.41 Å². The first kappa shape index (κ1) is 7.71. The maximum atomic E-state index is 11.5. The van der Waals surface area contributed by atoms with Crippen molar-refractivity contribution < 1.29 is 9.59 Å². The highest BCUT2D eigenvalue weighted by Crippen LogP contribution is 2.44. The Bertz CT molecular complexity index is 288. The van der Waals surface area contributed by atoms with Crippen molar-refractivity contribution in [1.82, 2.24) is 0 Å². The second-order valence-electron chi connectivity index (χ2n) is 3.74. The average Bonchev–Trinajstić information content (AvgIpc) is 2.33. The first-order valence-electron chi connectivity index (χ1n) is 4.42. The SMILES string of the molecule is CC12C(=O)CCC=C1CCC2=O. The minimum Gasteiger partial charge on any atom is -0.298 e. The highest BCUT2D eigenvalue weighted by Gasteiger charge is 2.48. The third-order valence-electron chi connectivity index (χ3n) is 3.14. The van der Waals surface area contributed by atoms with Crippen LogP contribution in [0.1, 0.15) is 32.6 Å². The van der Waals surface area contributed by atoms with E-state index in [1.807, 2.05) is 0 Å². The topological polar surface area (TPSA) is 34.1 Å². The lowest BCUT2D eigenvalue weighted by Crippen LogP contribution is -2.35. The van der Waals surface area contributed by atoms with Gasteiger partial charge in [0.1, 0.15) is 5.41 Å². The maximum Gasteiger partial charge on any atom is 0.150 e. The van der Waals surface area contributed by atoms with Crippen LogP contribution in [0.3, 0.4) is 0 Å². The molecule has 0 spiro atoms. The van der Waals surface area contributed by atoms with Crippen molar-refractivity contribution >= 4 is 11.6 Å². The number of Topliss-reactive ketones (excluding diaryl/α,β-unsaturated/α-hetero) is 2. The third kappa shape index (κ3) is 0.752. The number of carbonyl (C=O) groups excluding carboxylic acids is 2. The Morgan fingerprint density at radius 3 is 2.50 bits per heavy atom. The first-order chi connectivity index (χ1) is 5.65. The van der Waals surface area contributed by atoms with E-state index in [0.717, 1.165) is 18.4 Å². The number of fused-ring (bicyclic) bond motifs is 1. The normalized spacial score (nSPS) is 34.9. The van der Waals surface area contributed by atoms with E-state index >= 15 is 0 Å². The molecule has 1 saturated carbocycles. The molecule has 2 aliphatic carbocycles. The molecule has 1 atom stereocenters. The van der Waals surface area contributed by atoms with Gasteiger partial charge in [-0.05, 0) is 19.8 Å².